The van der Waals surface area contributed by atoms with Crippen LogP contribution in [-0.2, 0) is 9.63 Å². The van der Waals surface area contributed by atoms with E-state index in [0.29, 0.717) is 17.4 Å². The van der Waals surface area contributed by atoms with E-state index in [1.165, 1.54) is 11.3 Å². The summed E-state index contributed by atoms with van der Waals surface area (Å²) in [7, 11) is 0. The van der Waals surface area contributed by atoms with Crippen LogP contribution in [0.15, 0.2) is 10.5 Å². The molecule has 0 saturated heterocycles. The second-order valence-electron chi connectivity index (χ2n) is 2.23. The maximum absolute atomic E-state index is 10.5. The first kappa shape index (κ1) is 10.6. The Kier molecular flexibility index (Phi) is 4.02. The first-order valence-corrected chi connectivity index (χ1v) is 4.65. The van der Waals surface area contributed by atoms with Crippen molar-refractivity contribution in [2.24, 2.45) is 10.9 Å². The van der Waals surface area contributed by atoms with Crippen LogP contribution in [0.25, 0.3) is 0 Å². The smallest absolute Gasteiger partial charge is 0.259 e. The van der Waals surface area contributed by atoms with E-state index in [2.05, 4.69) is 10.1 Å². The molecule has 1 radical (unpaired) electrons. The molecule has 0 aliphatic heterocycles. The van der Waals surface area contributed by atoms with Crippen LogP contribution in [0.1, 0.15) is 5.69 Å². The molecule has 1 aromatic heterocycles. The molecule has 0 fully saturated rings. The van der Waals surface area contributed by atoms with Crippen molar-refractivity contribution in [1.29, 1.82) is 0 Å². The second kappa shape index (κ2) is 5.30. The largest absolute Gasteiger partial charge is 0.394 e. The number of hydrogen-bond acceptors (Lipinski definition) is 7. The van der Waals surface area contributed by atoms with Gasteiger partial charge in [0.05, 0.1) is 0 Å². The van der Waals surface area contributed by atoms with Crippen molar-refractivity contribution >= 4 is 28.5 Å². The van der Waals surface area contributed by atoms with Gasteiger partial charge in [-0.2, -0.15) is 0 Å². The molecule has 1 heterocycles. The van der Waals surface area contributed by atoms with Gasteiger partial charge in [0.2, 0.25) is 0 Å². The normalized spacial score (nSPS) is 11.4. The molecule has 0 spiro atoms. The fraction of sp³-hybridized carbons (Fsp3) is 0.286. The zero-order valence-corrected chi connectivity index (χ0v) is 8.08. The van der Waals surface area contributed by atoms with Gasteiger partial charge in [-0.15, -0.1) is 11.3 Å². The molecule has 0 amide bonds. The van der Waals surface area contributed by atoms with E-state index in [9.17, 15) is 4.79 Å². The minimum Gasteiger partial charge on any atom is -0.394 e. The van der Waals surface area contributed by atoms with Crippen molar-refractivity contribution in [2.45, 2.75) is 0 Å². The molecule has 0 saturated carbocycles. The molecule has 1 aromatic rings. The van der Waals surface area contributed by atoms with E-state index >= 15 is 0 Å². The molecular formula is C7H9N4O2S. The van der Waals surface area contributed by atoms with Gasteiger partial charge in [-0.25, -0.2) is 4.98 Å². The molecule has 4 N–H and O–H groups in total. The average Bonchev–Trinajstić information content (AvgIpc) is 2.60. The zero-order valence-electron chi connectivity index (χ0n) is 7.27. The lowest BCUT2D eigenvalue weighted by atomic mass is 10.3. The van der Waals surface area contributed by atoms with Gasteiger partial charge >= 0.3 is 0 Å². The molecule has 7 heteroatoms. The Bertz CT molecular complexity index is 336. The summed E-state index contributed by atoms with van der Waals surface area (Å²) < 4.78 is 0. The number of thiazole rings is 1. The van der Waals surface area contributed by atoms with Crippen molar-refractivity contribution in [3.8, 4) is 0 Å². The van der Waals surface area contributed by atoms with Crippen LogP contribution in [0.3, 0.4) is 0 Å². The third-order valence-corrected chi connectivity index (χ3v) is 1.90. The van der Waals surface area contributed by atoms with Crippen molar-refractivity contribution in [2.75, 3.05) is 18.9 Å². The predicted molar refractivity (Wildman–Crippen MR) is 53.8 cm³/mol. The maximum atomic E-state index is 10.5. The van der Waals surface area contributed by atoms with E-state index in [-0.39, 0.29) is 12.3 Å². The van der Waals surface area contributed by atoms with Gasteiger partial charge in [0.15, 0.2) is 10.8 Å². The summed E-state index contributed by atoms with van der Waals surface area (Å²) >= 11 is 1.21. The number of rotatable bonds is 5. The molecule has 0 aromatic carbocycles. The van der Waals surface area contributed by atoms with Gasteiger partial charge in [-0.3, -0.25) is 4.79 Å². The Labute approximate surface area is 84.6 Å². The summed E-state index contributed by atoms with van der Waals surface area (Å²) in [4.78, 5) is 19.0. The van der Waals surface area contributed by atoms with Crippen LogP contribution in [-0.4, -0.2) is 30.1 Å². The minimum atomic E-state index is -0.00796. The monoisotopic (exact) mass is 213 g/mol. The number of hydrogen-bond donors (Lipinski definition) is 2. The third-order valence-electron chi connectivity index (χ3n) is 1.23. The van der Waals surface area contributed by atoms with Gasteiger partial charge in [0.25, 0.3) is 6.29 Å². The van der Waals surface area contributed by atoms with Crippen molar-refractivity contribution < 1.29 is 9.63 Å². The Hall–Kier alpha value is -1.47. The first-order chi connectivity index (χ1) is 6.77. The molecule has 0 unspecified atom stereocenters. The number of anilines is 1. The Morgan fingerprint density at radius 1 is 1.79 bits per heavy atom. The Balaban J connectivity index is 2.71. The van der Waals surface area contributed by atoms with Gasteiger partial charge in [0, 0.05) is 11.9 Å². The van der Waals surface area contributed by atoms with Crippen LogP contribution in [0.2, 0.25) is 0 Å². The van der Waals surface area contributed by atoms with Crippen LogP contribution in [0.5, 0.6) is 0 Å². The Morgan fingerprint density at radius 3 is 3.07 bits per heavy atom. The fourth-order valence-electron chi connectivity index (χ4n) is 0.677. The quantitative estimate of drug-likeness (QED) is 0.390. The molecule has 0 aliphatic rings. The number of carbonyl (C=O) groups excluding carboxylic acids is 1. The lowest BCUT2D eigenvalue weighted by molar-refractivity contribution is 0.153. The minimum absolute atomic E-state index is 0.00796. The molecule has 75 valence electrons. The molecule has 6 nitrogen and oxygen atoms in total. The Morgan fingerprint density at radius 2 is 2.57 bits per heavy atom. The summed E-state index contributed by atoms with van der Waals surface area (Å²) in [6.07, 6.45) is 1.61. The van der Waals surface area contributed by atoms with Gasteiger partial charge in [-0.05, 0) is 0 Å². The van der Waals surface area contributed by atoms with E-state index in [1.807, 2.05) is 0 Å². The van der Waals surface area contributed by atoms with Crippen LogP contribution >= 0.6 is 11.3 Å². The number of nitrogen functional groups attached to an aromatic ring is 1. The highest BCUT2D eigenvalue weighted by Crippen LogP contribution is 2.11. The highest BCUT2D eigenvalue weighted by Gasteiger charge is 2.08. The second-order valence-corrected chi connectivity index (χ2v) is 3.12. The van der Waals surface area contributed by atoms with Crippen LogP contribution in [0, 0.1) is 0 Å². The van der Waals surface area contributed by atoms with Gasteiger partial charge in [-0.1, -0.05) is 5.16 Å². The van der Waals surface area contributed by atoms with E-state index in [4.69, 9.17) is 16.3 Å². The zero-order chi connectivity index (χ0) is 10.4. The van der Waals surface area contributed by atoms with Crippen molar-refractivity contribution in [3.63, 3.8) is 0 Å². The van der Waals surface area contributed by atoms with E-state index < -0.39 is 0 Å². The van der Waals surface area contributed by atoms with E-state index in [1.54, 1.807) is 11.7 Å². The first-order valence-electron chi connectivity index (χ1n) is 3.77. The summed E-state index contributed by atoms with van der Waals surface area (Å²) in [6, 6.07) is 0. The molecule has 1 rings (SSSR count). The lowest BCUT2D eigenvalue weighted by Gasteiger charge is -1.95. The van der Waals surface area contributed by atoms with Crippen LogP contribution in [0.4, 0.5) is 5.13 Å². The number of nitrogens with zero attached hydrogens (tertiary/aromatic N) is 2. The van der Waals surface area contributed by atoms with Crippen molar-refractivity contribution in [1.82, 2.24) is 4.98 Å². The predicted octanol–water partition coefficient (Wildman–Crippen LogP) is -0.486. The average molecular weight is 213 g/mol. The molecule has 0 aliphatic carbocycles. The molecule has 14 heavy (non-hydrogen) atoms. The molecule has 0 bridgehead atoms. The van der Waals surface area contributed by atoms with Gasteiger partial charge in [0.1, 0.15) is 12.3 Å². The van der Waals surface area contributed by atoms with Gasteiger partial charge < -0.3 is 16.3 Å². The third kappa shape index (κ3) is 2.79. The number of nitrogens with two attached hydrogens (primary N) is 2. The van der Waals surface area contributed by atoms with Crippen molar-refractivity contribution in [3.05, 3.63) is 11.1 Å². The SMILES string of the molecule is NCCON=C([C]=O)c1csc(N)n1. The van der Waals surface area contributed by atoms with Crippen LogP contribution < -0.4 is 11.5 Å². The highest BCUT2D eigenvalue weighted by molar-refractivity contribution is 7.13. The highest BCUT2D eigenvalue weighted by atomic mass is 32.1. The maximum Gasteiger partial charge on any atom is 0.259 e. The number of aromatic nitrogens is 1. The topological polar surface area (TPSA) is 104 Å². The summed E-state index contributed by atoms with van der Waals surface area (Å²) in [6.45, 7) is 0.569. The summed E-state index contributed by atoms with van der Waals surface area (Å²) in [5, 5.41) is 5.48. The van der Waals surface area contributed by atoms with E-state index in [0.717, 1.165) is 0 Å². The fourth-order valence-corrected chi connectivity index (χ4v) is 1.22. The standard InChI is InChI=1S/C7H9N4O2S/c8-1-2-13-11-5(3-12)6-4-14-7(9)10-6/h4H,1-2,8H2,(H2,9,10). The number of oxime groups is 1. The lowest BCUT2D eigenvalue weighted by Crippen LogP contribution is -2.09. The molecular weight excluding hydrogens is 204 g/mol. The molecule has 0 atom stereocenters. The summed E-state index contributed by atoms with van der Waals surface area (Å²) in [5.74, 6) is 0. The summed E-state index contributed by atoms with van der Waals surface area (Å²) in [5.41, 5.74) is 10.9.